The lowest BCUT2D eigenvalue weighted by atomic mass is 9.77. The van der Waals surface area contributed by atoms with Crippen molar-refractivity contribution in [2.45, 2.75) is 103 Å². The Balaban J connectivity index is 1.63. The van der Waals surface area contributed by atoms with E-state index in [1.165, 1.54) is 89.0 Å². The third-order valence-corrected chi connectivity index (χ3v) is 6.29. The van der Waals surface area contributed by atoms with E-state index >= 15 is 0 Å². The molecule has 1 aromatic rings. The zero-order chi connectivity index (χ0) is 20.9. The third kappa shape index (κ3) is 8.84. The fourth-order valence-electron chi connectivity index (χ4n) is 4.46. The van der Waals surface area contributed by atoms with Gasteiger partial charge in [-0.25, -0.2) is 9.18 Å². The Kier molecular flexibility index (Phi) is 11.3. The van der Waals surface area contributed by atoms with E-state index < -0.39 is 19.0 Å². The van der Waals surface area contributed by atoms with E-state index in [4.69, 9.17) is 0 Å². The van der Waals surface area contributed by atoms with Crippen LogP contribution in [0.2, 0.25) is 0 Å². The number of hydrogen-bond acceptors (Lipinski definition) is 2. The lowest BCUT2D eigenvalue weighted by Gasteiger charge is -2.29. The molecule has 0 N–H and O–H groups in total. The Morgan fingerprint density at radius 3 is 2.14 bits per heavy atom. The summed E-state index contributed by atoms with van der Waals surface area (Å²) in [5.74, 6) is 0.591. The molecule has 1 fully saturated rings. The average molecular weight is 409 g/mol. The van der Waals surface area contributed by atoms with Gasteiger partial charge in [-0.3, -0.25) is 0 Å². The van der Waals surface area contributed by atoms with Crippen LogP contribution in [-0.4, -0.2) is 19.0 Å². The number of carbonyl (C=O) groups is 1. The fourth-order valence-corrected chi connectivity index (χ4v) is 4.46. The molecule has 0 amide bonds. The maximum atomic E-state index is 12.9. The third-order valence-electron chi connectivity index (χ3n) is 6.29. The Bertz CT molecular complexity index is 565. The van der Waals surface area contributed by atoms with E-state index in [2.05, 4.69) is 11.7 Å². The first-order chi connectivity index (χ1) is 14.1. The highest BCUT2D eigenvalue weighted by molar-refractivity contribution is 5.89. The molecule has 0 aliphatic heterocycles. The molecule has 29 heavy (non-hydrogen) atoms. The molecule has 1 saturated carbocycles. The Labute approximate surface area is 175 Å². The second kappa shape index (κ2) is 13.7. The summed E-state index contributed by atoms with van der Waals surface area (Å²) in [5, 5.41) is 0. The van der Waals surface area contributed by atoms with Gasteiger partial charge in [0.1, 0.15) is 0 Å². The highest BCUT2D eigenvalue weighted by atomic mass is 19.2. The van der Waals surface area contributed by atoms with Crippen LogP contribution in [0.4, 0.5) is 8.78 Å². The molecule has 1 aliphatic carbocycles. The number of carbonyl (C=O) groups excluding carboxylic acids is 1. The molecule has 1 aliphatic rings. The molecule has 2 nitrogen and oxygen atoms in total. The first-order valence-corrected chi connectivity index (χ1v) is 11.6. The van der Waals surface area contributed by atoms with Crippen LogP contribution < -0.4 is 0 Å². The van der Waals surface area contributed by atoms with Crippen molar-refractivity contribution in [1.29, 1.82) is 0 Å². The molecule has 0 aromatic heterocycles. The van der Waals surface area contributed by atoms with Gasteiger partial charge in [-0.15, -0.1) is 0 Å². The topological polar surface area (TPSA) is 26.3 Å². The smallest absolute Gasteiger partial charge is 0.340 e. The monoisotopic (exact) mass is 408 g/mol. The van der Waals surface area contributed by atoms with Crippen LogP contribution in [0.3, 0.4) is 0 Å². The minimum Gasteiger partial charge on any atom is -0.425 e. The molecule has 0 radical (unpaired) electrons. The van der Waals surface area contributed by atoms with Crippen LogP contribution in [0, 0.1) is 5.92 Å². The Hall–Kier alpha value is -1.45. The van der Waals surface area contributed by atoms with Crippen LogP contribution in [0.15, 0.2) is 24.3 Å². The summed E-state index contributed by atoms with van der Waals surface area (Å²) in [6.07, 6.45) is 15.2. The van der Waals surface area contributed by atoms with Gasteiger partial charge >= 0.3 is 5.97 Å². The average Bonchev–Trinajstić information content (AvgIpc) is 2.76. The van der Waals surface area contributed by atoms with Gasteiger partial charge in [-0.2, -0.15) is 4.39 Å². The van der Waals surface area contributed by atoms with Gasteiger partial charge in [0.25, 0.3) is 6.36 Å². The lowest BCUT2D eigenvalue weighted by molar-refractivity contribution is -0.0254. The maximum Gasteiger partial charge on any atom is 0.340 e. The van der Waals surface area contributed by atoms with Crippen molar-refractivity contribution in [2.24, 2.45) is 5.92 Å². The van der Waals surface area contributed by atoms with Crippen LogP contribution in [0.25, 0.3) is 0 Å². The number of ether oxygens (including phenoxy) is 1. The van der Waals surface area contributed by atoms with Crippen molar-refractivity contribution in [3.05, 3.63) is 35.4 Å². The summed E-state index contributed by atoms with van der Waals surface area (Å²) < 4.78 is 29.4. The number of unbranched alkanes of at least 4 members (excludes halogenated alkanes) is 7. The van der Waals surface area contributed by atoms with E-state index in [0.29, 0.717) is 5.92 Å². The number of halogens is 2. The molecule has 2 rings (SSSR count). The van der Waals surface area contributed by atoms with E-state index in [0.717, 1.165) is 5.92 Å². The van der Waals surface area contributed by atoms with Gasteiger partial charge in [0.05, 0.1) is 5.56 Å². The standard InChI is InChI=1S/C25H38F2O2/c1-2-3-4-5-6-7-8-9-10-20-11-13-21(14-12-20)22-15-17-23(18-16-22)25(28)29-24(27)19-26/h15-18,20-21,24H,2-14,19H2,1H3. The van der Waals surface area contributed by atoms with Crippen molar-refractivity contribution >= 4 is 5.97 Å². The summed E-state index contributed by atoms with van der Waals surface area (Å²) in [6.45, 7) is 0.949. The minimum atomic E-state index is -2.18. The second-order valence-corrected chi connectivity index (χ2v) is 8.57. The van der Waals surface area contributed by atoms with Crippen molar-refractivity contribution in [3.8, 4) is 0 Å². The zero-order valence-corrected chi connectivity index (χ0v) is 18.0. The molecule has 0 heterocycles. The van der Waals surface area contributed by atoms with Crippen molar-refractivity contribution in [3.63, 3.8) is 0 Å². The quantitative estimate of drug-likeness (QED) is 0.245. The van der Waals surface area contributed by atoms with Gasteiger partial charge in [0.2, 0.25) is 0 Å². The van der Waals surface area contributed by atoms with Crippen LogP contribution in [-0.2, 0) is 4.74 Å². The molecular weight excluding hydrogens is 370 g/mol. The predicted octanol–water partition coefficient (Wildman–Crippen LogP) is 7.91. The first-order valence-electron chi connectivity index (χ1n) is 11.6. The molecule has 0 spiro atoms. The van der Waals surface area contributed by atoms with Crippen molar-refractivity contribution in [1.82, 2.24) is 0 Å². The van der Waals surface area contributed by atoms with E-state index in [9.17, 15) is 13.6 Å². The largest absolute Gasteiger partial charge is 0.425 e. The zero-order valence-electron chi connectivity index (χ0n) is 18.0. The van der Waals surface area contributed by atoms with Gasteiger partial charge < -0.3 is 4.74 Å². The molecular formula is C25H38F2O2. The SMILES string of the molecule is CCCCCCCCCCC1CCC(c2ccc(C(=O)OC(F)CF)cc2)CC1. The first kappa shape index (κ1) is 23.8. The van der Waals surface area contributed by atoms with Gasteiger partial charge in [-0.1, -0.05) is 76.8 Å². The molecule has 4 heteroatoms. The van der Waals surface area contributed by atoms with E-state index in [-0.39, 0.29) is 5.56 Å². The number of alkyl halides is 2. The Morgan fingerprint density at radius 2 is 1.55 bits per heavy atom. The van der Waals surface area contributed by atoms with Crippen LogP contribution in [0.5, 0.6) is 0 Å². The van der Waals surface area contributed by atoms with Crippen LogP contribution in [0.1, 0.15) is 112 Å². The maximum absolute atomic E-state index is 12.9. The van der Waals surface area contributed by atoms with Gasteiger partial charge in [0, 0.05) is 0 Å². The number of esters is 1. The molecule has 0 saturated heterocycles. The molecule has 1 aromatic carbocycles. The molecule has 1 unspecified atom stereocenters. The highest BCUT2D eigenvalue weighted by Crippen LogP contribution is 2.37. The predicted molar refractivity (Wildman–Crippen MR) is 115 cm³/mol. The van der Waals surface area contributed by atoms with Gasteiger partial charge in [0.15, 0.2) is 6.67 Å². The number of benzene rings is 1. The number of rotatable bonds is 13. The molecule has 164 valence electrons. The minimum absolute atomic E-state index is 0.272. The van der Waals surface area contributed by atoms with Crippen molar-refractivity contribution < 1.29 is 18.3 Å². The summed E-state index contributed by atoms with van der Waals surface area (Å²) in [6, 6.07) is 7.19. The summed E-state index contributed by atoms with van der Waals surface area (Å²) in [4.78, 5) is 11.7. The summed E-state index contributed by atoms with van der Waals surface area (Å²) in [7, 11) is 0. The normalized spacial score (nSPS) is 20.4. The lowest BCUT2D eigenvalue weighted by Crippen LogP contribution is -2.16. The van der Waals surface area contributed by atoms with E-state index in [1.807, 2.05) is 12.1 Å². The molecule has 0 bridgehead atoms. The fraction of sp³-hybridized carbons (Fsp3) is 0.720. The summed E-state index contributed by atoms with van der Waals surface area (Å²) in [5.41, 5.74) is 1.50. The molecule has 1 atom stereocenters. The van der Waals surface area contributed by atoms with Crippen LogP contribution >= 0.6 is 0 Å². The highest BCUT2D eigenvalue weighted by Gasteiger charge is 2.22. The Morgan fingerprint density at radius 1 is 0.966 bits per heavy atom. The van der Waals surface area contributed by atoms with Gasteiger partial charge in [-0.05, 0) is 55.2 Å². The van der Waals surface area contributed by atoms with Crippen molar-refractivity contribution in [2.75, 3.05) is 6.67 Å². The number of hydrogen-bond donors (Lipinski definition) is 0. The summed E-state index contributed by atoms with van der Waals surface area (Å²) >= 11 is 0. The van der Waals surface area contributed by atoms with E-state index in [1.54, 1.807) is 12.1 Å². The second-order valence-electron chi connectivity index (χ2n) is 8.57.